The third-order valence-electron chi connectivity index (χ3n) is 5.05. The SMILES string of the molecule is CCN(CC)S(=O)(=O)c1ccc(NN=Cc2ccc(OCCC(C)C)c(OC)c2)c([N+](=O)[O-])c1. The number of nitrogens with zero attached hydrogens (tertiary/aromatic N) is 3. The third kappa shape index (κ3) is 6.91. The highest BCUT2D eigenvalue weighted by molar-refractivity contribution is 7.89. The molecular formula is C23H32N4O6S. The number of ether oxygens (including phenoxy) is 2. The van der Waals surface area contributed by atoms with Crippen molar-refractivity contribution in [2.24, 2.45) is 11.0 Å². The van der Waals surface area contributed by atoms with Gasteiger partial charge in [-0.3, -0.25) is 15.5 Å². The van der Waals surface area contributed by atoms with E-state index in [2.05, 4.69) is 24.4 Å². The molecule has 0 radical (unpaired) electrons. The Hall–Kier alpha value is -3.18. The Bertz CT molecular complexity index is 1110. The topological polar surface area (TPSA) is 123 Å². The summed E-state index contributed by atoms with van der Waals surface area (Å²) < 4.78 is 37.8. The Balaban J connectivity index is 2.21. The molecule has 0 saturated heterocycles. The van der Waals surface area contributed by atoms with Gasteiger partial charge in [0.15, 0.2) is 11.5 Å². The van der Waals surface area contributed by atoms with Gasteiger partial charge >= 0.3 is 0 Å². The largest absolute Gasteiger partial charge is 0.493 e. The van der Waals surface area contributed by atoms with Crippen molar-refractivity contribution in [3.63, 3.8) is 0 Å². The second kappa shape index (κ2) is 12.3. The van der Waals surface area contributed by atoms with Crippen LogP contribution in [0.2, 0.25) is 0 Å². The normalized spacial score (nSPS) is 11.9. The van der Waals surface area contributed by atoms with Crippen LogP contribution in [-0.4, -0.2) is 50.7 Å². The highest BCUT2D eigenvalue weighted by atomic mass is 32.2. The molecule has 11 heteroatoms. The molecule has 0 fully saturated rings. The molecule has 0 atom stereocenters. The average molecular weight is 493 g/mol. The number of nitro benzene ring substituents is 1. The standard InChI is InChI=1S/C23H32N4O6S/c1-6-26(7-2)34(30,31)19-9-10-20(21(15-19)27(28)29)25-24-16-18-8-11-22(23(14-18)32-5)33-13-12-17(3)4/h8-11,14-17,25H,6-7,12-13H2,1-5H3. The molecule has 0 heterocycles. The molecular weight excluding hydrogens is 460 g/mol. The van der Waals surface area contributed by atoms with Crippen LogP contribution in [0.4, 0.5) is 11.4 Å². The zero-order chi connectivity index (χ0) is 25.3. The molecule has 10 nitrogen and oxygen atoms in total. The number of hydrogen-bond acceptors (Lipinski definition) is 8. The van der Waals surface area contributed by atoms with Crippen molar-refractivity contribution in [3.05, 3.63) is 52.1 Å². The van der Waals surface area contributed by atoms with Gasteiger partial charge in [-0.1, -0.05) is 27.7 Å². The molecule has 0 aliphatic rings. The van der Waals surface area contributed by atoms with E-state index in [4.69, 9.17) is 9.47 Å². The maximum Gasteiger partial charge on any atom is 0.295 e. The lowest BCUT2D eigenvalue weighted by atomic mass is 10.1. The fraction of sp³-hybridized carbons (Fsp3) is 0.435. The number of nitrogens with one attached hydrogen (secondary N) is 1. The Morgan fingerprint density at radius 1 is 1.15 bits per heavy atom. The Labute approximate surface area is 200 Å². The minimum absolute atomic E-state index is 0.0698. The van der Waals surface area contributed by atoms with Crippen LogP contribution < -0.4 is 14.9 Å². The van der Waals surface area contributed by atoms with Crippen molar-refractivity contribution in [2.45, 2.75) is 39.0 Å². The van der Waals surface area contributed by atoms with Gasteiger partial charge in [0.1, 0.15) is 5.69 Å². The number of hydrazone groups is 1. The maximum atomic E-state index is 12.7. The van der Waals surface area contributed by atoms with E-state index < -0.39 is 20.6 Å². The van der Waals surface area contributed by atoms with Crippen LogP contribution in [0.1, 0.15) is 39.7 Å². The molecule has 0 bridgehead atoms. The van der Waals surface area contributed by atoms with Crippen molar-refractivity contribution in [3.8, 4) is 11.5 Å². The van der Waals surface area contributed by atoms with Crippen molar-refractivity contribution in [1.29, 1.82) is 0 Å². The van der Waals surface area contributed by atoms with E-state index >= 15 is 0 Å². The summed E-state index contributed by atoms with van der Waals surface area (Å²) in [5.74, 6) is 1.69. The summed E-state index contributed by atoms with van der Waals surface area (Å²) in [6.07, 6.45) is 2.40. The Morgan fingerprint density at radius 3 is 2.44 bits per heavy atom. The zero-order valence-electron chi connectivity index (χ0n) is 20.1. The van der Waals surface area contributed by atoms with E-state index in [1.807, 2.05) is 0 Å². The van der Waals surface area contributed by atoms with Gasteiger partial charge in [0.2, 0.25) is 10.0 Å². The van der Waals surface area contributed by atoms with E-state index in [9.17, 15) is 18.5 Å². The van der Waals surface area contributed by atoms with Crippen LogP contribution in [0.25, 0.3) is 0 Å². The fourth-order valence-electron chi connectivity index (χ4n) is 3.09. The fourth-order valence-corrected chi connectivity index (χ4v) is 4.57. The molecule has 34 heavy (non-hydrogen) atoms. The predicted molar refractivity (Wildman–Crippen MR) is 132 cm³/mol. The monoisotopic (exact) mass is 492 g/mol. The van der Waals surface area contributed by atoms with Gasteiger partial charge in [-0.25, -0.2) is 8.42 Å². The minimum Gasteiger partial charge on any atom is -0.493 e. The number of methoxy groups -OCH3 is 1. The summed E-state index contributed by atoms with van der Waals surface area (Å²) in [6, 6.07) is 8.99. The summed E-state index contributed by atoms with van der Waals surface area (Å²) in [6.45, 7) is 8.76. The molecule has 2 rings (SSSR count). The van der Waals surface area contributed by atoms with Gasteiger partial charge in [0.25, 0.3) is 5.69 Å². The second-order valence-electron chi connectivity index (χ2n) is 7.84. The van der Waals surface area contributed by atoms with E-state index in [1.54, 1.807) is 39.2 Å². The molecule has 1 N–H and O–H groups in total. The van der Waals surface area contributed by atoms with E-state index in [-0.39, 0.29) is 23.7 Å². The first-order valence-electron chi connectivity index (χ1n) is 11.0. The quantitative estimate of drug-likeness (QED) is 0.248. The van der Waals surface area contributed by atoms with Gasteiger partial charge in [0, 0.05) is 19.2 Å². The molecule has 0 amide bonds. The smallest absolute Gasteiger partial charge is 0.295 e. The van der Waals surface area contributed by atoms with Gasteiger partial charge < -0.3 is 9.47 Å². The van der Waals surface area contributed by atoms with E-state index in [0.717, 1.165) is 12.5 Å². The second-order valence-corrected chi connectivity index (χ2v) is 9.77. The van der Waals surface area contributed by atoms with Crippen LogP contribution in [0, 0.1) is 16.0 Å². The van der Waals surface area contributed by atoms with Gasteiger partial charge in [-0.05, 0) is 48.2 Å². The molecule has 0 aliphatic carbocycles. The lowest BCUT2D eigenvalue weighted by Crippen LogP contribution is -2.30. The van der Waals surface area contributed by atoms with Crippen LogP contribution in [0.15, 0.2) is 46.4 Å². The van der Waals surface area contributed by atoms with Crippen LogP contribution in [-0.2, 0) is 10.0 Å². The summed E-state index contributed by atoms with van der Waals surface area (Å²) >= 11 is 0. The lowest BCUT2D eigenvalue weighted by molar-refractivity contribution is -0.384. The molecule has 0 saturated carbocycles. The average Bonchev–Trinajstić information content (AvgIpc) is 2.80. The highest BCUT2D eigenvalue weighted by Gasteiger charge is 2.25. The van der Waals surface area contributed by atoms with Gasteiger partial charge in [-0.2, -0.15) is 9.41 Å². The number of anilines is 1. The summed E-state index contributed by atoms with van der Waals surface area (Å²) in [7, 11) is -2.28. The number of sulfonamides is 1. The first-order valence-corrected chi connectivity index (χ1v) is 12.5. The van der Waals surface area contributed by atoms with Crippen molar-refractivity contribution in [1.82, 2.24) is 4.31 Å². The zero-order valence-corrected chi connectivity index (χ0v) is 21.0. The number of hydrogen-bond donors (Lipinski definition) is 1. The number of rotatable bonds is 13. The van der Waals surface area contributed by atoms with Crippen molar-refractivity contribution < 1.29 is 22.8 Å². The summed E-state index contributed by atoms with van der Waals surface area (Å²) in [5, 5.41) is 15.6. The molecule has 0 unspecified atom stereocenters. The molecule has 0 spiro atoms. The van der Waals surface area contributed by atoms with E-state index in [0.29, 0.717) is 29.6 Å². The Morgan fingerprint density at radius 2 is 1.85 bits per heavy atom. The number of benzene rings is 2. The summed E-state index contributed by atoms with van der Waals surface area (Å²) in [4.78, 5) is 10.8. The predicted octanol–water partition coefficient (Wildman–Crippen LogP) is 4.50. The maximum absolute atomic E-state index is 12.7. The van der Waals surface area contributed by atoms with Crippen molar-refractivity contribution in [2.75, 3.05) is 32.2 Å². The number of nitro groups is 1. The Kier molecular flexibility index (Phi) is 9.82. The third-order valence-corrected chi connectivity index (χ3v) is 7.09. The lowest BCUT2D eigenvalue weighted by Gasteiger charge is -2.18. The molecule has 186 valence electrons. The molecule has 2 aromatic carbocycles. The molecule has 0 aromatic heterocycles. The minimum atomic E-state index is -3.82. The van der Waals surface area contributed by atoms with Gasteiger partial charge in [-0.15, -0.1) is 0 Å². The van der Waals surface area contributed by atoms with Crippen LogP contribution in [0.5, 0.6) is 11.5 Å². The summed E-state index contributed by atoms with van der Waals surface area (Å²) in [5.41, 5.74) is 2.99. The molecule has 2 aromatic rings. The molecule has 0 aliphatic heterocycles. The first kappa shape index (κ1) is 27.1. The van der Waals surface area contributed by atoms with E-state index in [1.165, 1.54) is 22.7 Å². The van der Waals surface area contributed by atoms with Crippen LogP contribution >= 0.6 is 0 Å². The van der Waals surface area contributed by atoms with Crippen LogP contribution in [0.3, 0.4) is 0 Å². The first-order chi connectivity index (χ1) is 16.1. The van der Waals surface area contributed by atoms with Crippen molar-refractivity contribution >= 4 is 27.6 Å². The highest BCUT2D eigenvalue weighted by Crippen LogP contribution is 2.30. The van der Waals surface area contributed by atoms with Gasteiger partial charge in [0.05, 0.1) is 29.8 Å².